The summed E-state index contributed by atoms with van der Waals surface area (Å²) in [5.41, 5.74) is 1.53. The molecule has 0 heterocycles. The quantitative estimate of drug-likeness (QED) is 0.866. The van der Waals surface area contributed by atoms with Crippen molar-refractivity contribution >= 4 is 5.91 Å². The van der Waals surface area contributed by atoms with Crippen LogP contribution in [0.1, 0.15) is 15.9 Å². The molecule has 20 heavy (non-hydrogen) atoms. The summed E-state index contributed by atoms with van der Waals surface area (Å²) in [6, 6.07) is 16.6. The van der Waals surface area contributed by atoms with Crippen molar-refractivity contribution in [1.82, 2.24) is 5.32 Å². The molecule has 2 aromatic rings. The van der Waals surface area contributed by atoms with Gasteiger partial charge in [-0.25, -0.2) is 0 Å². The lowest BCUT2D eigenvalue weighted by Gasteiger charge is -2.03. The second-order valence-corrected chi connectivity index (χ2v) is 4.08. The first-order valence-corrected chi connectivity index (χ1v) is 6.26. The Kier molecular flexibility index (Phi) is 4.80. The van der Waals surface area contributed by atoms with Gasteiger partial charge in [-0.2, -0.15) is 0 Å². The summed E-state index contributed by atoms with van der Waals surface area (Å²) in [6.07, 6.45) is 0. The van der Waals surface area contributed by atoms with Gasteiger partial charge in [0.05, 0.1) is 13.7 Å². The van der Waals surface area contributed by atoms with Crippen molar-refractivity contribution in [3.63, 3.8) is 0 Å². The number of carbonyl (C=O) groups excluding carboxylic acids is 1. The third-order valence-electron chi connectivity index (χ3n) is 2.70. The van der Waals surface area contributed by atoms with Crippen molar-refractivity contribution in [2.24, 2.45) is 0 Å². The van der Waals surface area contributed by atoms with E-state index in [2.05, 4.69) is 17.2 Å². The number of methoxy groups -OCH3 is 1. The first-order chi connectivity index (χ1) is 9.79. The van der Waals surface area contributed by atoms with E-state index in [0.717, 1.165) is 11.3 Å². The molecular formula is C17H15NO2. The smallest absolute Gasteiger partial charge is 0.252 e. The molecule has 0 radical (unpaired) electrons. The fourth-order valence-electron chi connectivity index (χ4n) is 1.64. The predicted octanol–water partition coefficient (Wildman–Crippen LogP) is 2.48. The molecule has 0 saturated heterocycles. The molecule has 0 bridgehead atoms. The standard InChI is InChI=1S/C17H15NO2/c1-20-16-11-9-15(10-12-16)17(19)18-13-5-8-14-6-3-2-4-7-14/h2-4,6-7,9-12H,13H2,1H3,(H,18,19). The van der Waals surface area contributed by atoms with Crippen LogP contribution in [0.3, 0.4) is 0 Å². The van der Waals surface area contributed by atoms with E-state index in [1.165, 1.54) is 0 Å². The zero-order valence-corrected chi connectivity index (χ0v) is 11.2. The van der Waals surface area contributed by atoms with Crippen LogP contribution < -0.4 is 10.1 Å². The van der Waals surface area contributed by atoms with Crippen molar-refractivity contribution in [3.8, 4) is 17.6 Å². The van der Waals surface area contributed by atoms with Gasteiger partial charge in [0.25, 0.3) is 5.91 Å². The number of benzene rings is 2. The Balaban J connectivity index is 1.87. The van der Waals surface area contributed by atoms with Gasteiger partial charge in [0.15, 0.2) is 0 Å². The molecule has 0 spiro atoms. The van der Waals surface area contributed by atoms with Gasteiger partial charge >= 0.3 is 0 Å². The monoisotopic (exact) mass is 265 g/mol. The molecule has 0 atom stereocenters. The summed E-state index contributed by atoms with van der Waals surface area (Å²) in [5, 5.41) is 2.75. The van der Waals surface area contributed by atoms with E-state index in [1.54, 1.807) is 31.4 Å². The molecule has 0 aromatic heterocycles. The third-order valence-corrected chi connectivity index (χ3v) is 2.70. The minimum atomic E-state index is -0.144. The maximum atomic E-state index is 11.8. The number of rotatable bonds is 3. The summed E-state index contributed by atoms with van der Waals surface area (Å²) < 4.78 is 5.04. The zero-order valence-electron chi connectivity index (χ0n) is 11.2. The predicted molar refractivity (Wildman–Crippen MR) is 78.6 cm³/mol. The van der Waals surface area contributed by atoms with E-state index in [-0.39, 0.29) is 5.91 Å². The molecule has 1 amide bonds. The number of hydrogen-bond donors (Lipinski definition) is 1. The van der Waals surface area contributed by atoms with E-state index in [0.29, 0.717) is 12.1 Å². The molecule has 1 N–H and O–H groups in total. The van der Waals surface area contributed by atoms with Crippen LogP contribution in [0, 0.1) is 11.8 Å². The molecular weight excluding hydrogens is 250 g/mol. The molecule has 0 saturated carbocycles. The van der Waals surface area contributed by atoms with Gasteiger partial charge in [0.1, 0.15) is 5.75 Å². The molecule has 0 aliphatic rings. The molecule has 0 fully saturated rings. The molecule has 0 aliphatic carbocycles. The summed E-state index contributed by atoms with van der Waals surface area (Å²) in [7, 11) is 1.59. The third kappa shape index (κ3) is 3.89. The Morgan fingerprint density at radius 1 is 1.10 bits per heavy atom. The van der Waals surface area contributed by atoms with Crippen LogP contribution in [0.4, 0.5) is 0 Å². The Hall–Kier alpha value is -2.73. The molecule has 100 valence electrons. The number of nitrogens with one attached hydrogen (secondary N) is 1. The highest BCUT2D eigenvalue weighted by Gasteiger charge is 2.03. The summed E-state index contributed by atoms with van der Waals surface area (Å²) >= 11 is 0. The molecule has 2 rings (SSSR count). The highest BCUT2D eigenvalue weighted by Crippen LogP contribution is 2.10. The summed E-state index contributed by atoms with van der Waals surface area (Å²) in [4.78, 5) is 11.8. The maximum Gasteiger partial charge on any atom is 0.252 e. The fraction of sp³-hybridized carbons (Fsp3) is 0.118. The Morgan fingerprint density at radius 2 is 1.80 bits per heavy atom. The lowest BCUT2D eigenvalue weighted by atomic mass is 10.2. The minimum absolute atomic E-state index is 0.144. The van der Waals surface area contributed by atoms with Crippen molar-refractivity contribution < 1.29 is 9.53 Å². The van der Waals surface area contributed by atoms with Crippen LogP contribution >= 0.6 is 0 Å². The first kappa shape index (κ1) is 13.7. The summed E-state index contributed by atoms with van der Waals surface area (Å²) in [5.74, 6) is 6.49. The van der Waals surface area contributed by atoms with Gasteiger partial charge < -0.3 is 10.1 Å². The summed E-state index contributed by atoms with van der Waals surface area (Å²) in [6.45, 7) is 0.319. The van der Waals surface area contributed by atoms with E-state index >= 15 is 0 Å². The van der Waals surface area contributed by atoms with Gasteiger partial charge in [-0.3, -0.25) is 4.79 Å². The maximum absolute atomic E-state index is 11.8. The molecule has 3 heteroatoms. The highest BCUT2D eigenvalue weighted by molar-refractivity contribution is 5.94. The van der Waals surface area contributed by atoms with Gasteiger partial charge in [0, 0.05) is 11.1 Å². The van der Waals surface area contributed by atoms with Gasteiger partial charge in [-0.05, 0) is 36.4 Å². The van der Waals surface area contributed by atoms with Crippen LogP contribution in [0.5, 0.6) is 5.75 Å². The van der Waals surface area contributed by atoms with Crippen molar-refractivity contribution in [3.05, 3.63) is 65.7 Å². The highest BCUT2D eigenvalue weighted by atomic mass is 16.5. The van der Waals surface area contributed by atoms with E-state index in [4.69, 9.17) is 4.74 Å². The Morgan fingerprint density at radius 3 is 2.45 bits per heavy atom. The SMILES string of the molecule is COc1ccc(C(=O)NCC#Cc2ccccc2)cc1. The van der Waals surface area contributed by atoms with Crippen molar-refractivity contribution in [2.75, 3.05) is 13.7 Å². The van der Waals surface area contributed by atoms with Crippen LogP contribution in [-0.2, 0) is 0 Å². The minimum Gasteiger partial charge on any atom is -0.497 e. The normalized spacial score (nSPS) is 9.25. The second kappa shape index (κ2) is 7.01. The van der Waals surface area contributed by atoms with Crippen LogP contribution in [-0.4, -0.2) is 19.6 Å². The average molecular weight is 265 g/mol. The topological polar surface area (TPSA) is 38.3 Å². The van der Waals surface area contributed by atoms with Crippen LogP contribution in [0.2, 0.25) is 0 Å². The van der Waals surface area contributed by atoms with E-state index < -0.39 is 0 Å². The largest absolute Gasteiger partial charge is 0.497 e. The zero-order chi connectivity index (χ0) is 14.2. The number of amides is 1. The molecule has 0 unspecified atom stereocenters. The van der Waals surface area contributed by atoms with Crippen molar-refractivity contribution in [2.45, 2.75) is 0 Å². The Labute approximate surface area is 118 Å². The molecule has 0 aliphatic heterocycles. The Bertz CT molecular complexity index is 622. The van der Waals surface area contributed by atoms with Gasteiger partial charge in [-0.1, -0.05) is 30.0 Å². The van der Waals surface area contributed by atoms with E-state index in [9.17, 15) is 4.79 Å². The van der Waals surface area contributed by atoms with Gasteiger partial charge in [0.2, 0.25) is 0 Å². The van der Waals surface area contributed by atoms with E-state index in [1.807, 2.05) is 30.3 Å². The van der Waals surface area contributed by atoms with Crippen LogP contribution in [0.15, 0.2) is 54.6 Å². The van der Waals surface area contributed by atoms with Crippen molar-refractivity contribution in [1.29, 1.82) is 0 Å². The number of ether oxygens (including phenoxy) is 1. The molecule has 2 aromatic carbocycles. The van der Waals surface area contributed by atoms with Crippen LogP contribution in [0.25, 0.3) is 0 Å². The molecule has 3 nitrogen and oxygen atoms in total. The lowest BCUT2D eigenvalue weighted by Crippen LogP contribution is -2.23. The fourth-order valence-corrected chi connectivity index (χ4v) is 1.64. The first-order valence-electron chi connectivity index (χ1n) is 6.26. The average Bonchev–Trinajstić information content (AvgIpc) is 2.52. The van der Waals surface area contributed by atoms with Gasteiger partial charge in [-0.15, -0.1) is 0 Å². The second-order valence-electron chi connectivity index (χ2n) is 4.08. The lowest BCUT2D eigenvalue weighted by molar-refractivity contribution is 0.0958. The number of carbonyl (C=O) groups is 1. The number of hydrogen-bond acceptors (Lipinski definition) is 2.